The Bertz CT molecular complexity index is 324. The molecule has 0 amide bonds. The Balaban J connectivity index is 2.23. The molecule has 3 heteroatoms. The molecular weight excluding hydrogens is 238 g/mol. The van der Waals surface area contributed by atoms with E-state index < -0.39 is 0 Å². The molecule has 19 heavy (non-hydrogen) atoms. The van der Waals surface area contributed by atoms with Crippen molar-refractivity contribution in [2.45, 2.75) is 52.2 Å². The lowest BCUT2D eigenvalue weighted by Gasteiger charge is -2.10. The minimum absolute atomic E-state index is 0.249. The van der Waals surface area contributed by atoms with Crippen LogP contribution in [0.1, 0.15) is 45.1 Å². The molecule has 0 spiro atoms. The number of aliphatic hydroxyl groups excluding tert-OH is 1. The number of hydrogen-bond donors (Lipinski definition) is 2. The van der Waals surface area contributed by atoms with Crippen molar-refractivity contribution < 1.29 is 9.84 Å². The molecule has 0 aliphatic rings. The molecule has 1 rings (SSSR count). The lowest BCUT2D eigenvalue weighted by atomic mass is 10.2. The number of benzene rings is 1. The maximum Gasteiger partial charge on any atom is 0.119 e. The zero-order valence-corrected chi connectivity index (χ0v) is 12.2. The van der Waals surface area contributed by atoms with E-state index in [4.69, 9.17) is 4.74 Å². The largest absolute Gasteiger partial charge is 0.494 e. The maximum atomic E-state index is 9.44. The first kappa shape index (κ1) is 16.0. The summed E-state index contributed by atoms with van der Waals surface area (Å²) < 4.78 is 5.66. The number of aliphatic hydroxyl groups is 1. The fourth-order valence-corrected chi connectivity index (χ4v) is 1.77. The maximum absolute atomic E-state index is 9.44. The Kier molecular flexibility index (Phi) is 8.26. The van der Waals surface area contributed by atoms with Crippen LogP contribution in [-0.2, 0) is 6.54 Å². The molecule has 1 aromatic rings. The molecule has 0 radical (unpaired) electrons. The first-order valence-corrected chi connectivity index (χ1v) is 7.36. The summed E-state index contributed by atoms with van der Waals surface area (Å²) in [5.74, 6) is 0.938. The minimum Gasteiger partial charge on any atom is -0.494 e. The molecule has 0 aromatic heterocycles. The molecule has 108 valence electrons. The second-order valence-electron chi connectivity index (χ2n) is 4.89. The molecular formula is C16H27NO2. The Morgan fingerprint density at radius 1 is 1.16 bits per heavy atom. The monoisotopic (exact) mass is 265 g/mol. The standard InChI is InChI=1S/C16H27NO2/c1-3-5-6-11-19-16-9-7-14(8-10-16)12-17-13-15(18)4-2/h7-10,15,17-18H,3-6,11-13H2,1-2H3. The van der Waals surface area contributed by atoms with Crippen LogP contribution >= 0.6 is 0 Å². The van der Waals surface area contributed by atoms with E-state index >= 15 is 0 Å². The zero-order valence-electron chi connectivity index (χ0n) is 12.2. The summed E-state index contributed by atoms with van der Waals surface area (Å²) >= 11 is 0. The Morgan fingerprint density at radius 2 is 1.89 bits per heavy atom. The summed E-state index contributed by atoms with van der Waals surface area (Å²) in [4.78, 5) is 0. The quantitative estimate of drug-likeness (QED) is 0.639. The van der Waals surface area contributed by atoms with E-state index in [1.165, 1.54) is 18.4 Å². The van der Waals surface area contributed by atoms with Crippen LogP contribution in [0.2, 0.25) is 0 Å². The molecule has 0 fully saturated rings. The van der Waals surface area contributed by atoms with E-state index in [-0.39, 0.29) is 6.10 Å². The molecule has 3 nitrogen and oxygen atoms in total. The van der Waals surface area contributed by atoms with Crippen molar-refractivity contribution in [1.29, 1.82) is 0 Å². The van der Waals surface area contributed by atoms with E-state index in [1.807, 2.05) is 19.1 Å². The molecule has 1 atom stereocenters. The fraction of sp³-hybridized carbons (Fsp3) is 0.625. The summed E-state index contributed by atoms with van der Waals surface area (Å²) in [6.45, 7) is 6.40. The first-order chi connectivity index (χ1) is 9.26. The van der Waals surface area contributed by atoms with Crippen LogP contribution < -0.4 is 10.1 Å². The second kappa shape index (κ2) is 9.82. The van der Waals surface area contributed by atoms with Crippen LogP contribution in [0, 0.1) is 0 Å². The molecule has 1 aromatic carbocycles. The van der Waals surface area contributed by atoms with Crippen LogP contribution in [0.3, 0.4) is 0 Å². The van der Waals surface area contributed by atoms with Crippen LogP contribution in [-0.4, -0.2) is 24.4 Å². The first-order valence-electron chi connectivity index (χ1n) is 7.36. The van der Waals surface area contributed by atoms with Crippen molar-refractivity contribution in [1.82, 2.24) is 5.32 Å². The highest BCUT2D eigenvalue weighted by atomic mass is 16.5. The van der Waals surface area contributed by atoms with Crippen molar-refractivity contribution in [2.75, 3.05) is 13.2 Å². The van der Waals surface area contributed by atoms with Gasteiger partial charge in [-0.15, -0.1) is 0 Å². The Morgan fingerprint density at radius 3 is 2.53 bits per heavy atom. The molecule has 2 N–H and O–H groups in total. The smallest absolute Gasteiger partial charge is 0.119 e. The summed E-state index contributed by atoms with van der Waals surface area (Å²) in [5.41, 5.74) is 1.21. The summed E-state index contributed by atoms with van der Waals surface area (Å²) in [7, 11) is 0. The lowest BCUT2D eigenvalue weighted by molar-refractivity contribution is 0.167. The topological polar surface area (TPSA) is 41.5 Å². The van der Waals surface area contributed by atoms with Gasteiger partial charge in [0.2, 0.25) is 0 Å². The van der Waals surface area contributed by atoms with Crippen LogP contribution in [0.15, 0.2) is 24.3 Å². The Labute approximate surface area is 117 Å². The molecule has 0 aliphatic heterocycles. The van der Waals surface area contributed by atoms with Gasteiger partial charge in [0.05, 0.1) is 12.7 Å². The molecule has 0 bridgehead atoms. The van der Waals surface area contributed by atoms with E-state index in [0.29, 0.717) is 6.54 Å². The number of nitrogens with one attached hydrogen (secondary N) is 1. The van der Waals surface area contributed by atoms with E-state index in [9.17, 15) is 5.11 Å². The third-order valence-corrected chi connectivity index (χ3v) is 3.12. The third kappa shape index (κ3) is 7.19. The average molecular weight is 265 g/mol. The summed E-state index contributed by atoms with van der Waals surface area (Å²) in [6.07, 6.45) is 4.10. The fourth-order valence-electron chi connectivity index (χ4n) is 1.77. The van der Waals surface area contributed by atoms with Crippen LogP contribution in [0.4, 0.5) is 0 Å². The van der Waals surface area contributed by atoms with E-state index in [1.54, 1.807) is 0 Å². The number of ether oxygens (including phenoxy) is 1. The lowest BCUT2D eigenvalue weighted by Crippen LogP contribution is -2.25. The SMILES string of the molecule is CCCCCOc1ccc(CNCC(O)CC)cc1. The predicted octanol–water partition coefficient (Wildman–Crippen LogP) is 3.12. The van der Waals surface area contributed by atoms with Gasteiger partial charge in [-0.1, -0.05) is 38.8 Å². The number of rotatable bonds is 10. The van der Waals surface area contributed by atoms with Gasteiger partial charge in [-0.25, -0.2) is 0 Å². The number of hydrogen-bond acceptors (Lipinski definition) is 3. The van der Waals surface area contributed by atoms with E-state index in [2.05, 4.69) is 24.4 Å². The van der Waals surface area contributed by atoms with Crippen molar-refractivity contribution in [2.24, 2.45) is 0 Å². The van der Waals surface area contributed by atoms with Gasteiger partial charge in [0.25, 0.3) is 0 Å². The normalized spacial score (nSPS) is 12.4. The van der Waals surface area contributed by atoms with Gasteiger partial charge in [0.15, 0.2) is 0 Å². The van der Waals surface area contributed by atoms with Gasteiger partial charge in [0.1, 0.15) is 5.75 Å². The highest BCUT2D eigenvalue weighted by molar-refractivity contribution is 5.27. The molecule has 0 saturated carbocycles. The van der Waals surface area contributed by atoms with Gasteiger partial charge >= 0.3 is 0 Å². The van der Waals surface area contributed by atoms with Gasteiger partial charge in [-0.05, 0) is 30.5 Å². The highest BCUT2D eigenvalue weighted by Gasteiger charge is 2.00. The second-order valence-corrected chi connectivity index (χ2v) is 4.89. The number of unbranched alkanes of at least 4 members (excludes halogenated alkanes) is 2. The predicted molar refractivity (Wildman–Crippen MR) is 79.5 cm³/mol. The van der Waals surface area contributed by atoms with Crippen molar-refractivity contribution >= 4 is 0 Å². The van der Waals surface area contributed by atoms with Crippen molar-refractivity contribution in [3.8, 4) is 5.75 Å². The molecule has 0 heterocycles. The average Bonchev–Trinajstić information content (AvgIpc) is 2.45. The van der Waals surface area contributed by atoms with Crippen LogP contribution in [0.5, 0.6) is 5.75 Å². The van der Waals surface area contributed by atoms with Crippen LogP contribution in [0.25, 0.3) is 0 Å². The highest BCUT2D eigenvalue weighted by Crippen LogP contribution is 2.12. The Hall–Kier alpha value is -1.06. The molecule has 1 unspecified atom stereocenters. The van der Waals surface area contributed by atoms with Crippen molar-refractivity contribution in [3.63, 3.8) is 0 Å². The van der Waals surface area contributed by atoms with Crippen molar-refractivity contribution in [3.05, 3.63) is 29.8 Å². The molecule has 0 saturated heterocycles. The third-order valence-electron chi connectivity index (χ3n) is 3.12. The van der Waals surface area contributed by atoms with Gasteiger partial charge < -0.3 is 15.2 Å². The zero-order chi connectivity index (χ0) is 13.9. The minimum atomic E-state index is -0.249. The van der Waals surface area contributed by atoms with Gasteiger partial charge in [-0.2, -0.15) is 0 Å². The van der Waals surface area contributed by atoms with E-state index in [0.717, 1.165) is 31.7 Å². The van der Waals surface area contributed by atoms with Gasteiger partial charge in [0, 0.05) is 13.1 Å². The summed E-state index contributed by atoms with van der Waals surface area (Å²) in [6, 6.07) is 8.17. The molecule has 0 aliphatic carbocycles. The van der Waals surface area contributed by atoms with Gasteiger partial charge in [-0.3, -0.25) is 0 Å². The summed E-state index contributed by atoms with van der Waals surface area (Å²) in [5, 5.41) is 12.7.